The van der Waals surface area contributed by atoms with Crippen molar-refractivity contribution in [3.63, 3.8) is 0 Å². The summed E-state index contributed by atoms with van der Waals surface area (Å²) >= 11 is 0. The number of rotatable bonds is 11. The number of nitrogen functional groups attached to an aromatic ring is 1. The summed E-state index contributed by atoms with van der Waals surface area (Å²) in [6, 6.07) is 10.8. The number of carbonyl (C=O) groups excluding carboxylic acids is 4. The summed E-state index contributed by atoms with van der Waals surface area (Å²) in [5.74, 6) is -4.02. The number of hydrogen-bond acceptors (Lipinski definition) is 8. The van der Waals surface area contributed by atoms with Crippen LogP contribution in [0.15, 0.2) is 48.5 Å². The molecule has 13 nitrogen and oxygen atoms in total. The Labute approximate surface area is 230 Å². The van der Waals surface area contributed by atoms with Crippen molar-refractivity contribution in [3.8, 4) is 0 Å². The van der Waals surface area contributed by atoms with Crippen LogP contribution in [0.3, 0.4) is 0 Å². The van der Waals surface area contributed by atoms with Gasteiger partial charge in [-0.1, -0.05) is 24.3 Å². The van der Waals surface area contributed by atoms with E-state index in [4.69, 9.17) is 15.9 Å². The summed E-state index contributed by atoms with van der Waals surface area (Å²) in [5.41, 5.74) is 7.65. The number of benzene rings is 2. The van der Waals surface area contributed by atoms with Crippen molar-refractivity contribution in [1.82, 2.24) is 15.1 Å². The third-order valence-electron chi connectivity index (χ3n) is 6.50. The van der Waals surface area contributed by atoms with Gasteiger partial charge < -0.3 is 36.0 Å². The number of nitrogens with zero attached hydrogens (tertiary/aromatic N) is 2. The summed E-state index contributed by atoms with van der Waals surface area (Å²) in [6.45, 7) is -0.682. The Morgan fingerprint density at radius 3 is 2.40 bits per heavy atom. The van der Waals surface area contributed by atoms with Crippen LogP contribution in [0, 0.1) is 5.41 Å². The van der Waals surface area contributed by atoms with Crippen molar-refractivity contribution in [3.05, 3.63) is 65.2 Å². The average molecular weight is 553 g/mol. The van der Waals surface area contributed by atoms with E-state index in [1.165, 1.54) is 29.2 Å². The van der Waals surface area contributed by atoms with E-state index in [0.717, 1.165) is 23.3 Å². The largest absolute Gasteiger partial charge is 0.480 e. The minimum atomic E-state index is -1.30. The fourth-order valence-corrected chi connectivity index (χ4v) is 4.39. The number of amides is 3. The van der Waals surface area contributed by atoms with Crippen LogP contribution >= 0.6 is 0 Å². The molecule has 1 aliphatic heterocycles. The van der Waals surface area contributed by atoms with Crippen molar-refractivity contribution in [2.24, 2.45) is 5.73 Å². The number of aliphatic carboxylic acids is 1. The van der Waals surface area contributed by atoms with E-state index in [9.17, 15) is 29.1 Å². The van der Waals surface area contributed by atoms with Gasteiger partial charge in [-0.2, -0.15) is 0 Å². The number of piperazine rings is 1. The maximum Gasteiger partial charge on any atom is 0.323 e. The van der Waals surface area contributed by atoms with Gasteiger partial charge in [0.25, 0.3) is 5.91 Å². The van der Waals surface area contributed by atoms with Gasteiger partial charge in [-0.05, 0) is 29.8 Å². The van der Waals surface area contributed by atoms with Crippen LogP contribution in [0.2, 0.25) is 0 Å². The fraction of sp³-hybridized carbons (Fsp3) is 0.333. The predicted octanol–water partition coefficient (Wildman–Crippen LogP) is 0.0406. The predicted molar refractivity (Wildman–Crippen MR) is 145 cm³/mol. The molecule has 2 aromatic rings. The Kier molecular flexibility index (Phi) is 9.79. The van der Waals surface area contributed by atoms with Gasteiger partial charge in [0.1, 0.15) is 24.5 Å². The van der Waals surface area contributed by atoms with Gasteiger partial charge in [0.2, 0.25) is 11.8 Å². The lowest BCUT2D eigenvalue weighted by atomic mass is 10.00. The molecule has 6 N–H and O–H groups in total. The number of ether oxygens (including phenoxy) is 1. The number of carboxylic acids is 1. The number of carboxylic acid groups (broad SMARTS) is 1. The van der Waals surface area contributed by atoms with Gasteiger partial charge in [-0.25, -0.2) is 0 Å². The number of carbonyl (C=O) groups is 5. The van der Waals surface area contributed by atoms with Crippen molar-refractivity contribution in [2.75, 3.05) is 39.1 Å². The molecular weight excluding hydrogens is 520 g/mol. The molecular formula is C27H32N6O7. The van der Waals surface area contributed by atoms with Crippen LogP contribution in [0.4, 0.5) is 5.69 Å². The molecule has 13 heteroatoms. The SMILES string of the molecule is CNc1cccc(C[C@H](NC(=O)c2ccc(C(=N)N)cc2)C(=O)N2CCN(CC(=O)O)C(=O)[C@@H]2CC(=O)OC)c1. The maximum atomic E-state index is 13.9. The highest BCUT2D eigenvalue weighted by atomic mass is 16.5. The normalized spacial score (nSPS) is 15.7. The third-order valence-corrected chi connectivity index (χ3v) is 6.50. The molecule has 1 saturated heterocycles. The van der Waals surface area contributed by atoms with Gasteiger partial charge in [-0.15, -0.1) is 0 Å². The molecule has 0 aliphatic carbocycles. The standard InChI is InChI=1S/C27H32N6O7/c1-30-19-5-3-4-16(12-19)13-20(31-25(37)18-8-6-17(7-9-18)24(28)29)26(38)33-11-10-32(15-22(34)35)27(39)21(33)14-23(36)40-2/h3-9,12,20-21,30H,10-11,13-15H2,1-2H3,(H3,28,29)(H,31,37)(H,34,35)/t20-,21-/m0/s1. The van der Waals surface area contributed by atoms with Crippen molar-refractivity contribution in [1.29, 1.82) is 5.41 Å². The molecule has 1 heterocycles. The first kappa shape index (κ1) is 29.6. The number of amidine groups is 1. The van der Waals surface area contributed by atoms with Gasteiger partial charge in [0, 0.05) is 43.4 Å². The van der Waals surface area contributed by atoms with Crippen molar-refractivity contribution < 1.29 is 33.8 Å². The van der Waals surface area contributed by atoms with E-state index in [1.54, 1.807) is 19.2 Å². The molecule has 0 unspecified atom stereocenters. The Hall–Kier alpha value is -4.94. The third kappa shape index (κ3) is 7.34. The van der Waals surface area contributed by atoms with Gasteiger partial charge in [0.05, 0.1) is 13.5 Å². The van der Waals surface area contributed by atoms with E-state index >= 15 is 0 Å². The first-order chi connectivity index (χ1) is 19.0. The number of hydrogen-bond donors (Lipinski definition) is 5. The van der Waals surface area contributed by atoms with Crippen LogP contribution in [0.5, 0.6) is 0 Å². The van der Waals surface area contributed by atoms with Crippen molar-refractivity contribution in [2.45, 2.75) is 24.9 Å². The molecule has 0 radical (unpaired) electrons. The number of anilines is 1. The van der Waals surface area contributed by atoms with E-state index in [1.807, 2.05) is 12.1 Å². The van der Waals surface area contributed by atoms with Crippen LogP contribution in [0.25, 0.3) is 0 Å². The highest BCUT2D eigenvalue weighted by Gasteiger charge is 2.41. The quantitative estimate of drug-likeness (QED) is 0.145. The molecule has 0 saturated carbocycles. The molecule has 3 rings (SSSR count). The number of nitrogens with two attached hydrogens (primary N) is 1. The number of methoxy groups -OCH3 is 1. The lowest BCUT2D eigenvalue weighted by molar-refractivity contribution is -0.159. The van der Waals surface area contributed by atoms with Crippen LogP contribution in [-0.4, -0.2) is 96.3 Å². The van der Waals surface area contributed by atoms with E-state index in [-0.39, 0.29) is 30.9 Å². The Bertz CT molecular complexity index is 1300. The van der Waals surface area contributed by atoms with Crippen LogP contribution in [-0.2, 0) is 30.3 Å². The monoisotopic (exact) mass is 552 g/mol. The molecule has 3 amide bonds. The number of esters is 1. The average Bonchev–Trinajstić information content (AvgIpc) is 2.94. The second kappa shape index (κ2) is 13.2. The van der Waals surface area contributed by atoms with E-state index < -0.39 is 54.7 Å². The molecule has 212 valence electrons. The summed E-state index contributed by atoms with van der Waals surface area (Å²) in [4.78, 5) is 65.9. The van der Waals surface area contributed by atoms with Gasteiger partial charge in [-0.3, -0.25) is 29.4 Å². The lowest BCUT2D eigenvalue weighted by Crippen LogP contribution is -2.63. The minimum Gasteiger partial charge on any atom is -0.480 e. The molecule has 2 atom stereocenters. The maximum absolute atomic E-state index is 13.9. The minimum absolute atomic E-state index is 0.0459. The Morgan fingerprint density at radius 1 is 1.12 bits per heavy atom. The summed E-state index contributed by atoms with van der Waals surface area (Å²) < 4.78 is 4.71. The van der Waals surface area contributed by atoms with E-state index in [2.05, 4.69) is 10.6 Å². The highest BCUT2D eigenvalue weighted by molar-refractivity contribution is 6.01. The molecule has 2 aromatic carbocycles. The first-order valence-electron chi connectivity index (χ1n) is 12.4. The fourth-order valence-electron chi connectivity index (χ4n) is 4.39. The second-order valence-electron chi connectivity index (χ2n) is 9.15. The van der Waals surface area contributed by atoms with Gasteiger partial charge in [0.15, 0.2) is 0 Å². The Balaban J connectivity index is 1.93. The number of nitrogens with one attached hydrogen (secondary N) is 3. The zero-order valence-electron chi connectivity index (χ0n) is 22.2. The highest BCUT2D eigenvalue weighted by Crippen LogP contribution is 2.20. The summed E-state index contributed by atoms with van der Waals surface area (Å²) in [5, 5.41) is 22.5. The van der Waals surface area contributed by atoms with Crippen molar-refractivity contribution >= 4 is 41.2 Å². The lowest BCUT2D eigenvalue weighted by Gasteiger charge is -2.41. The Morgan fingerprint density at radius 2 is 1.80 bits per heavy atom. The van der Waals surface area contributed by atoms with Crippen LogP contribution < -0.4 is 16.4 Å². The molecule has 1 aliphatic rings. The molecule has 0 spiro atoms. The molecule has 40 heavy (non-hydrogen) atoms. The van der Waals surface area contributed by atoms with Crippen LogP contribution in [0.1, 0.15) is 27.9 Å². The molecule has 0 aromatic heterocycles. The smallest absolute Gasteiger partial charge is 0.323 e. The zero-order valence-corrected chi connectivity index (χ0v) is 22.2. The topological polar surface area (TPSA) is 195 Å². The molecule has 1 fully saturated rings. The van der Waals surface area contributed by atoms with Gasteiger partial charge >= 0.3 is 11.9 Å². The second-order valence-corrected chi connectivity index (χ2v) is 9.15. The molecule has 0 bridgehead atoms. The van der Waals surface area contributed by atoms with E-state index in [0.29, 0.717) is 5.56 Å². The summed E-state index contributed by atoms with van der Waals surface area (Å²) in [6.07, 6.45) is -0.403. The zero-order chi connectivity index (χ0) is 29.4. The first-order valence-corrected chi connectivity index (χ1v) is 12.4. The summed E-state index contributed by atoms with van der Waals surface area (Å²) in [7, 11) is 2.89.